The molecular formula is C20H19FN4O2. The average Bonchev–Trinajstić information content (AvgIpc) is 2.93. The SMILES string of the molecule is CN(C)CCCNc1cccc2c1C(=O)c1nc3ccc(F)cc3c(=O)n1-2. The molecule has 27 heavy (non-hydrogen) atoms. The Morgan fingerprint density at radius 2 is 2.00 bits per heavy atom. The fourth-order valence-corrected chi connectivity index (χ4v) is 3.38. The number of hydrogen-bond donors (Lipinski definition) is 1. The Labute approximate surface area is 155 Å². The van der Waals surface area contributed by atoms with Crippen LogP contribution in [0.5, 0.6) is 0 Å². The fourth-order valence-electron chi connectivity index (χ4n) is 3.38. The van der Waals surface area contributed by atoms with Crippen molar-refractivity contribution in [3.8, 4) is 5.69 Å². The maximum atomic E-state index is 13.6. The standard InChI is InChI=1S/C20H19FN4O2/c1-24(2)10-4-9-22-15-5-3-6-16-17(15)18(26)19-23-14-8-7-12(21)11-13(14)20(27)25(16)19/h3,5-8,11,22H,4,9-10H2,1-2H3. The monoisotopic (exact) mass is 366 g/mol. The number of hydrogen-bond acceptors (Lipinski definition) is 5. The molecule has 2 aromatic carbocycles. The van der Waals surface area contributed by atoms with Crippen LogP contribution < -0.4 is 10.9 Å². The van der Waals surface area contributed by atoms with Crippen LogP contribution in [0.1, 0.15) is 22.6 Å². The van der Waals surface area contributed by atoms with E-state index in [4.69, 9.17) is 0 Å². The minimum Gasteiger partial charge on any atom is -0.384 e. The molecule has 138 valence electrons. The van der Waals surface area contributed by atoms with Crippen molar-refractivity contribution >= 4 is 22.4 Å². The number of nitrogens with one attached hydrogen (secondary N) is 1. The molecule has 3 aromatic rings. The van der Waals surface area contributed by atoms with E-state index >= 15 is 0 Å². The Balaban J connectivity index is 1.79. The van der Waals surface area contributed by atoms with Gasteiger partial charge in [0, 0.05) is 12.2 Å². The number of benzene rings is 2. The molecule has 1 aliphatic heterocycles. The first-order valence-corrected chi connectivity index (χ1v) is 8.76. The van der Waals surface area contributed by atoms with E-state index in [9.17, 15) is 14.0 Å². The fraction of sp³-hybridized carbons (Fsp3) is 0.250. The summed E-state index contributed by atoms with van der Waals surface area (Å²) in [5.74, 6) is -0.747. The van der Waals surface area contributed by atoms with E-state index in [1.165, 1.54) is 16.7 Å². The van der Waals surface area contributed by atoms with Gasteiger partial charge >= 0.3 is 0 Å². The van der Waals surface area contributed by atoms with Gasteiger partial charge in [-0.15, -0.1) is 0 Å². The highest BCUT2D eigenvalue weighted by molar-refractivity contribution is 6.16. The number of carbonyl (C=O) groups is 1. The number of nitrogens with zero attached hydrogens (tertiary/aromatic N) is 3. The third-order valence-electron chi connectivity index (χ3n) is 4.64. The summed E-state index contributed by atoms with van der Waals surface area (Å²) in [7, 11) is 4.01. The van der Waals surface area contributed by atoms with Crippen LogP contribution in [0.4, 0.5) is 10.1 Å². The Morgan fingerprint density at radius 3 is 2.78 bits per heavy atom. The predicted molar refractivity (Wildman–Crippen MR) is 102 cm³/mol. The third kappa shape index (κ3) is 2.90. The Morgan fingerprint density at radius 1 is 1.19 bits per heavy atom. The smallest absolute Gasteiger partial charge is 0.266 e. The highest BCUT2D eigenvalue weighted by Gasteiger charge is 2.32. The van der Waals surface area contributed by atoms with Crippen LogP contribution in [-0.4, -0.2) is 47.4 Å². The minimum atomic E-state index is -0.511. The number of ketones is 1. The second-order valence-corrected chi connectivity index (χ2v) is 6.85. The van der Waals surface area contributed by atoms with Crippen LogP contribution in [0.2, 0.25) is 0 Å². The van der Waals surface area contributed by atoms with Gasteiger partial charge in [0.15, 0.2) is 5.82 Å². The van der Waals surface area contributed by atoms with Crippen LogP contribution >= 0.6 is 0 Å². The first-order valence-electron chi connectivity index (χ1n) is 8.76. The zero-order valence-corrected chi connectivity index (χ0v) is 15.1. The van der Waals surface area contributed by atoms with Crippen molar-refractivity contribution in [3.63, 3.8) is 0 Å². The molecule has 0 amide bonds. The molecule has 4 rings (SSSR count). The summed E-state index contributed by atoms with van der Waals surface area (Å²) in [6, 6.07) is 9.13. The topological polar surface area (TPSA) is 67.2 Å². The first kappa shape index (κ1) is 17.4. The molecule has 1 aromatic heterocycles. The summed E-state index contributed by atoms with van der Waals surface area (Å²) in [5, 5.41) is 3.44. The Hall–Kier alpha value is -3.06. The van der Waals surface area contributed by atoms with Gasteiger partial charge in [-0.1, -0.05) is 6.07 Å². The van der Waals surface area contributed by atoms with Crippen LogP contribution in [0.25, 0.3) is 16.6 Å². The largest absolute Gasteiger partial charge is 0.384 e. The van der Waals surface area contributed by atoms with Crippen molar-refractivity contribution in [1.29, 1.82) is 0 Å². The lowest BCUT2D eigenvalue weighted by Gasteiger charge is -2.12. The van der Waals surface area contributed by atoms with Crippen LogP contribution in [0.3, 0.4) is 0 Å². The molecule has 0 saturated heterocycles. The predicted octanol–water partition coefficient (Wildman–Crippen LogP) is 2.43. The Bertz CT molecular complexity index is 1120. The van der Waals surface area contributed by atoms with Crippen molar-refractivity contribution in [3.05, 3.63) is 64.0 Å². The maximum absolute atomic E-state index is 13.6. The quantitative estimate of drug-likeness (QED) is 0.550. The summed E-state index contributed by atoms with van der Waals surface area (Å²) in [6.07, 6.45) is 0.916. The number of rotatable bonds is 5. The number of halogens is 1. The van der Waals surface area contributed by atoms with Crippen molar-refractivity contribution in [2.75, 3.05) is 32.5 Å². The van der Waals surface area contributed by atoms with Gasteiger partial charge in [0.1, 0.15) is 5.82 Å². The normalized spacial score (nSPS) is 12.5. The summed E-state index contributed by atoms with van der Waals surface area (Å²) in [4.78, 5) is 32.3. The van der Waals surface area contributed by atoms with Gasteiger partial charge in [-0.25, -0.2) is 9.37 Å². The molecule has 0 atom stereocenters. The van der Waals surface area contributed by atoms with Crippen molar-refractivity contribution in [2.24, 2.45) is 0 Å². The molecule has 0 unspecified atom stereocenters. The van der Waals surface area contributed by atoms with Crippen molar-refractivity contribution < 1.29 is 9.18 Å². The number of anilines is 1. The highest BCUT2D eigenvalue weighted by Crippen LogP contribution is 2.31. The first-order chi connectivity index (χ1) is 13.0. The van der Waals surface area contributed by atoms with Crippen LogP contribution in [0, 0.1) is 5.82 Å². The van der Waals surface area contributed by atoms with Crippen molar-refractivity contribution in [2.45, 2.75) is 6.42 Å². The zero-order valence-electron chi connectivity index (χ0n) is 15.1. The summed E-state index contributed by atoms with van der Waals surface area (Å²) < 4.78 is 14.9. The van der Waals surface area contributed by atoms with E-state index in [1.807, 2.05) is 20.2 Å². The molecule has 6 nitrogen and oxygen atoms in total. The van der Waals surface area contributed by atoms with E-state index in [-0.39, 0.29) is 17.0 Å². The zero-order chi connectivity index (χ0) is 19.1. The second-order valence-electron chi connectivity index (χ2n) is 6.85. The molecule has 1 aliphatic rings. The van der Waals surface area contributed by atoms with E-state index in [1.54, 1.807) is 12.1 Å². The molecule has 0 radical (unpaired) electrons. The average molecular weight is 366 g/mol. The van der Waals surface area contributed by atoms with Crippen LogP contribution in [-0.2, 0) is 0 Å². The summed E-state index contributed by atoms with van der Waals surface area (Å²) in [5.41, 5.74) is 1.47. The molecule has 7 heteroatoms. The highest BCUT2D eigenvalue weighted by atomic mass is 19.1. The third-order valence-corrected chi connectivity index (χ3v) is 4.64. The van der Waals surface area contributed by atoms with Gasteiger partial charge < -0.3 is 10.2 Å². The van der Waals surface area contributed by atoms with Gasteiger partial charge in [-0.3, -0.25) is 14.2 Å². The molecular weight excluding hydrogens is 347 g/mol. The number of fused-ring (bicyclic) bond motifs is 4. The van der Waals surface area contributed by atoms with E-state index in [0.717, 1.165) is 19.0 Å². The Kier molecular flexibility index (Phi) is 4.24. The summed E-state index contributed by atoms with van der Waals surface area (Å²) >= 11 is 0. The van der Waals surface area contributed by atoms with Crippen LogP contribution in [0.15, 0.2) is 41.2 Å². The van der Waals surface area contributed by atoms with Gasteiger partial charge in [-0.05, 0) is 57.4 Å². The molecule has 0 bridgehead atoms. The van der Waals surface area contributed by atoms with Gasteiger partial charge in [-0.2, -0.15) is 0 Å². The lowest BCUT2D eigenvalue weighted by molar-refractivity contribution is 0.103. The molecule has 0 spiro atoms. The molecule has 2 heterocycles. The van der Waals surface area contributed by atoms with E-state index < -0.39 is 11.4 Å². The van der Waals surface area contributed by atoms with Crippen molar-refractivity contribution in [1.82, 2.24) is 14.5 Å². The lowest BCUT2D eigenvalue weighted by Crippen LogP contribution is -2.21. The van der Waals surface area contributed by atoms with E-state index in [2.05, 4.69) is 15.2 Å². The van der Waals surface area contributed by atoms with Gasteiger partial charge in [0.25, 0.3) is 5.56 Å². The minimum absolute atomic E-state index is 0.0663. The summed E-state index contributed by atoms with van der Waals surface area (Å²) in [6.45, 7) is 1.63. The number of aromatic nitrogens is 2. The van der Waals surface area contributed by atoms with Gasteiger partial charge in [0.05, 0.1) is 22.2 Å². The molecule has 0 saturated carbocycles. The molecule has 1 N–H and O–H groups in total. The molecule has 0 fully saturated rings. The molecule has 0 aliphatic carbocycles. The second kappa shape index (κ2) is 6.59. The number of carbonyl (C=O) groups excluding carboxylic acids is 1. The maximum Gasteiger partial charge on any atom is 0.266 e. The van der Waals surface area contributed by atoms with Gasteiger partial charge in [0.2, 0.25) is 5.78 Å². The van der Waals surface area contributed by atoms with E-state index in [0.29, 0.717) is 29.0 Å². The lowest BCUT2D eigenvalue weighted by atomic mass is 10.1.